The van der Waals surface area contributed by atoms with Gasteiger partial charge >= 0.3 is 5.76 Å². The van der Waals surface area contributed by atoms with Crippen molar-refractivity contribution in [1.82, 2.24) is 29.5 Å². The Morgan fingerprint density at radius 3 is 0.993 bits per heavy atom. The Kier molecular flexibility index (Phi) is 27.0. The number of Topliss-reactive ketones (excluding diaryl/α,β-unsaturated/α-hetero) is 12. The van der Waals surface area contributed by atoms with Crippen LogP contribution in [0.2, 0.25) is 10.0 Å². The van der Waals surface area contributed by atoms with Crippen LogP contribution in [0.5, 0.6) is 5.75 Å². The number of rotatable bonds is 18. The van der Waals surface area contributed by atoms with E-state index in [-0.39, 0.29) is 83.3 Å². The Morgan fingerprint density at radius 1 is 0.301 bits per heavy atom. The first-order valence-electron chi connectivity index (χ1n) is 44.8. The number of aryl methyl sites for hydroxylation is 2. The lowest BCUT2D eigenvalue weighted by Gasteiger charge is -2.16. The van der Waals surface area contributed by atoms with Crippen LogP contribution in [0.25, 0.3) is 67.9 Å². The summed E-state index contributed by atoms with van der Waals surface area (Å²) in [7, 11) is 3.41. The van der Waals surface area contributed by atoms with Crippen LogP contribution in [-0.4, -0.2) is 113 Å². The van der Waals surface area contributed by atoms with Crippen molar-refractivity contribution in [3.05, 3.63) is 437 Å². The Balaban J connectivity index is 0.000000111. The van der Waals surface area contributed by atoms with E-state index >= 15 is 0 Å². The molecule has 3 N–H and O–H groups in total. The molecular weight excluding hydrogens is 1920 g/mol. The molecule has 0 saturated heterocycles. The summed E-state index contributed by atoms with van der Waals surface area (Å²) in [5.41, 5.74) is 10.5. The minimum atomic E-state index is -0.781. The van der Waals surface area contributed by atoms with E-state index in [4.69, 9.17) is 54.4 Å². The highest BCUT2D eigenvalue weighted by atomic mass is 35.5. The SMILES string of the molecule is CN(Cc1nc2c(o1)-c1ccccc1C(=O)C2=O)c1ccc(F)cc1.COc1ccc(NCc2nc3c(o2)-c2ccccc2C(=O)C3=O)cc1.O=C1C(=O)c2c(oc(=O)n2Cc2ccc(F)cc2)-c2ccccc21.O=C1C(=O)c2nc(CCc3ccc(F)cc3)oc2-c2ccccc21.O=C1C(=O)c2nc(CNc3ccc(Cl)cc3)oc2-c2ccccc21.O=C1C(=O)c2nc(CNc3cccc(Cl)c3)oc2-c2ccccc21. The average molecular weight is 1990 g/mol. The monoisotopic (exact) mass is 1990 g/mol. The van der Waals surface area contributed by atoms with Crippen molar-refractivity contribution in [2.75, 3.05) is 35.0 Å². The predicted molar refractivity (Wildman–Crippen MR) is 526 cm³/mol. The Labute approximate surface area is 833 Å². The molecule has 0 amide bonds. The fourth-order valence-corrected chi connectivity index (χ4v) is 16.9. The zero-order valence-corrected chi connectivity index (χ0v) is 77.9. The van der Waals surface area contributed by atoms with Gasteiger partial charge in [-0.25, -0.2) is 42.9 Å². The van der Waals surface area contributed by atoms with Gasteiger partial charge in [-0.3, -0.25) is 62.1 Å². The lowest BCUT2D eigenvalue weighted by Crippen LogP contribution is -2.27. The van der Waals surface area contributed by atoms with Gasteiger partial charge in [-0.1, -0.05) is 199 Å². The molecule has 35 heteroatoms. The van der Waals surface area contributed by atoms with Crippen LogP contribution in [0.4, 0.5) is 35.9 Å². The summed E-state index contributed by atoms with van der Waals surface area (Å²) >= 11 is 11.8. The molecule has 6 heterocycles. The number of halogens is 5. The minimum absolute atomic E-state index is 0.0130. The third kappa shape index (κ3) is 19.7. The molecule has 12 aromatic carbocycles. The van der Waals surface area contributed by atoms with Crippen LogP contribution in [0.3, 0.4) is 0 Å². The van der Waals surface area contributed by atoms with E-state index in [0.717, 1.165) is 38.6 Å². The van der Waals surface area contributed by atoms with Gasteiger partial charge in [0.25, 0.3) is 34.7 Å². The molecule has 6 aliphatic carbocycles. The number of ether oxygens (including phenoxy) is 1. The fraction of sp³-hybridized carbons (Fsp3) is 0.0811. The second kappa shape index (κ2) is 41.1. The van der Waals surface area contributed by atoms with Crippen molar-refractivity contribution in [2.24, 2.45) is 0 Å². The minimum Gasteiger partial charge on any atom is -0.497 e. The normalized spacial score (nSPS) is 12.7. The number of benzene rings is 12. The Bertz CT molecular complexity index is 8270. The lowest BCUT2D eigenvalue weighted by molar-refractivity contribution is 0.0809. The van der Waals surface area contributed by atoms with Crippen molar-refractivity contribution in [2.45, 2.75) is 45.6 Å². The highest BCUT2D eigenvalue weighted by Gasteiger charge is 2.42. The molecule has 30 nitrogen and oxygen atoms in total. The smallest absolute Gasteiger partial charge is 0.420 e. The van der Waals surface area contributed by atoms with Crippen LogP contribution in [0.1, 0.15) is 166 Å². The molecule has 0 spiro atoms. The number of nitrogens with zero attached hydrogens (tertiary/aromatic N) is 7. The number of anilines is 4. The maximum atomic E-state index is 13.0. The zero-order valence-electron chi connectivity index (χ0n) is 76.3. The predicted octanol–water partition coefficient (Wildman–Crippen LogP) is 21.1. The van der Waals surface area contributed by atoms with Crippen molar-refractivity contribution >= 4 is 115 Å². The standard InChI is InChI=1S/C19H13FN2O3.C19H12FNO3.C19H14N2O4.2C18H11ClN2O3.C18H10FNO4/c1-22(12-8-6-11(20)7-9-12)10-15-21-16-18(24)17(23)13-4-2-3-5-14(13)19(16)25-15;20-12-8-5-11(6-9-12)7-10-15-21-16-18(23)17(22)13-3-1-2-4-14(13)19(16)24-15;1-24-12-8-6-11(7-9-12)20-10-15-21-16-18(23)17(22)13-4-2-3-5-14(13)19(16)25-15;19-10-4-3-5-11(8-10)20-9-14-21-15-17(23)16(22)12-6-1-2-7-13(12)18(15)24-14;19-10-5-7-11(8-6-10)20-9-14-21-15-17(23)16(22)12-3-1-2-4-13(12)18(15)24-14;19-11-7-5-10(6-8-11)9-20-14-16(22)15(21)12-3-1-2-4-13(12)17(14)24-18(20)23/h2-9H,10H2,1H3;1-6,8-9H,7,10H2;2-9,20H,10H2,1H3;2*1-8,20H,9H2;1-8H,9H2. The summed E-state index contributed by atoms with van der Waals surface area (Å²) in [5, 5.41) is 10.7. The maximum absolute atomic E-state index is 13.0. The van der Waals surface area contributed by atoms with Crippen molar-refractivity contribution < 1.29 is 102 Å². The molecule has 146 heavy (non-hydrogen) atoms. The summed E-state index contributed by atoms with van der Waals surface area (Å²) < 4.78 is 79.1. The Hall–Kier alpha value is -18.9. The van der Waals surface area contributed by atoms with E-state index in [2.05, 4.69) is 40.9 Å². The summed E-state index contributed by atoms with van der Waals surface area (Å²) in [6.07, 6.45) is 1.06. The first-order chi connectivity index (χ1) is 70.7. The van der Waals surface area contributed by atoms with Gasteiger partial charge in [-0.15, -0.1) is 0 Å². The van der Waals surface area contributed by atoms with Gasteiger partial charge in [0.2, 0.25) is 58.3 Å². The number of hydrogen-bond donors (Lipinski definition) is 3. The maximum Gasteiger partial charge on any atom is 0.420 e. The number of fused-ring (bicyclic) bond motifs is 18. The molecule has 0 saturated carbocycles. The molecule has 0 fully saturated rings. The second-order valence-electron chi connectivity index (χ2n) is 33.2. The highest BCUT2D eigenvalue weighted by molar-refractivity contribution is 6.55. The first-order valence-corrected chi connectivity index (χ1v) is 45.6. The fourth-order valence-electron chi connectivity index (χ4n) is 16.6. The van der Waals surface area contributed by atoms with Gasteiger partial charge in [-0.05, 0) is 133 Å². The van der Waals surface area contributed by atoms with E-state index in [0.29, 0.717) is 154 Å². The topological polar surface area (TPSA) is 419 Å². The molecule has 24 rings (SSSR count). The van der Waals surface area contributed by atoms with Gasteiger partial charge < -0.3 is 52.1 Å². The molecule has 18 aromatic rings. The molecule has 6 aliphatic rings. The van der Waals surface area contributed by atoms with Crippen molar-refractivity contribution in [3.8, 4) is 73.7 Å². The third-order valence-electron chi connectivity index (χ3n) is 23.8. The molecule has 0 unspecified atom stereocenters. The number of ketones is 12. The van der Waals surface area contributed by atoms with E-state index in [1.807, 2.05) is 53.4 Å². The van der Waals surface area contributed by atoms with E-state index in [9.17, 15) is 75.5 Å². The molecule has 720 valence electrons. The molecule has 0 bridgehead atoms. The molecule has 0 aliphatic heterocycles. The van der Waals surface area contributed by atoms with Crippen molar-refractivity contribution in [1.29, 1.82) is 0 Å². The summed E-state index contributed by atoms with van der Waals surface area (Å²) in [6.45, 7) is 1.15. The summed E-state index contributed by atoms with van der Waals surface area (Å²) in [6, 6.07) is 80.3. The molecule has 0 radical (unpaired) electrons. The van der Waals surface area contributed by atoms with Gasteiger partial charge in [0, 0.05) is 113 Å². The largest absolute Gasteiger partial charge is 0.497 e. The number of oxazole rings is 6. The van der Waals surface area contributed by atoms with E-state index in [1.54, 1.807) is 202 Å². The number of hydrogen-bond acceptors (Lipinski definition) is 29. The summed E-state index contributed by atoms with van der Waals surface area (Å²) in [4.78, 5) is 182. The second-order valence-corrected chi connectivity index (χ2v) is 34.0. The number of carbonyl (C=O) groups is 12. The number of carbonyl (C=O) groups excluding carboxylic acids is 12. The van der Waals surface area contributed by atoms with Gasteiger partial charge in [0.15, 0.2) is 68.9 Å². The van der Waals surface area contributed by atoms with E-state index < -0.39 is 81.0 Å². The van der Waals surface area contributed by atoms with Crippen LogP contribution >= 0.6 is 23.2 Å². The van der Waals surface area contributed by atoms with E-state index in [1.165, 1.54) is 54.6 Å². The van der Waals surface area contributed by atoms with Crippen molar-refractivity contribution in [3.63, 3.8) is 0 Å². The average Bonchev–Trinajstić information content (AvgIpc) is 1.58. The van der Waals surface area contributed by atoms with Crippen LogP contribution < -0.4 is 31.3 Å². The first kappa shape index (κ1) is 96.0. The Morgan fingerprint density at radius 2 is 0.616 bits per heavy atom. The molecule has 6 aromatic heterocycles. The van der Waals surface area contributed by atoms with Crippen LogP contribution in [-0.2, 0) is 45.6 Å². The molecule has 0 atom stereocenters. The van der Waals surface area contributed by atoms with Gasteiger partial charge in [0.05, 0.1) is 39.8 Å². The number of methoxy groups -OCH3 is 1. The highest BCUT2D eigenvalue weighted by Crippen LogP contribution is 2.42. The quantitative estimate of drug-likeness (QED) is 0.0672. The van der Waals surface area contributed by atoms with Gasteiger partial charge in [0.1, 0.15) is 28.9 Å². The van der Waals surface area contributed by atoms with Crippen LogP contribution in [0, 0.1) is 17.5 Å². The van der Waals surface area contributed by atoms with Gasteiger partial charge in [-0.2, -0.15) is 0 Å². The summed E-state index contributed by atoms with van der Waals surface area (Å²) in [5.74, 6) is -4.88. The zero-order chi connectivity index (χ0) is 102. The number of aromatic nitrogens is 6. The number of nitrogens with one attached hydrogen (secondary N) is 3. The molecular formula is C111H71Cl2F3N10O20. The third-order valence-corrected chi connectivity index (χ3v) is 24.3. The lowest BCUT2D eigenvalue weighted by atomic mass is 9.91. The van der Waals surface area contributed by atoms with Crippen LogP contribution in [0.15, 0.2) is 322 Å².